The molecular formula is C30H14CuN10. The molecule has 41 heavy (non-hydrogen) atoms. The van der Waals surface area contributed by atoms with Crippen LogP contribution in [-0.4, -0.2) is 39.9 Å². The summed E-state index contributed by atoms with van der Waals surface area (Å²) in [7, 11) is 0. The van der Waals surface area contributed by atoms with E-state index >= 15 is 0 Å². The molecule has 10 nitrogen and oxygen atoms in total. The van der Waals surface area contributed by atoms with Crippen molar-refractivity contribution in [1.29, 1.82) is 0 Å². The van der Waals surface area contributed by atoms with Gasteiger partial charge in [-0.25, -0.2) is 9.97 Å². The molecule has 0 amide bonds. The van der Waals surface area contributed by atoms with Gasteiger partial charge in [0.15, 0.2) is 0 Å². The number of fused-ring (bicyclic) bond motifs is 20. The van der Waals surface area contributed by atoms with E-state index in [1.807, 2.05) is 60.7 Å². The van der Waals surface area contributed by atoms with E-state index in [-0.39, 0.29) is 17.1 Å². The average Bonchev–Trinajstić information content (AvgIpc) is 3.73. The van der Waals surface area contributed by atoms with Gasteiger partial charge in [-0.15, -0.1) is 0 Å². The summed E-state index contributed by atoms with van der Waals surface area (Å²) >= 11 is 0. The van der Waals surface area contributed by atoms with Crippen LogP contribution in [0.3, 0.4) is 0 Å². The third-order valence-electron chi connectivity index (χ3n) is 7.12. The normalized spacial score (nSPS) is 11.7. The fourth-order valence-corrected chi connectivity index (χ4v) is 5.25. The zero-order valence-corrected chi connectivity index (χ0v) is 21.8. The Morgan fingerprint density at radius 3 is 1.10 bits per heavy atom. The van der Waals surface area contributed by atoms with E-state index in [2.05, 4.69) is 9.97 Å². The van der Waals surface area contributed by atoms with Crippen molar-refractivity contribution in [2.24, 2.45) is 0 Å². The standard InChI is InChI=1S/C30H14N10.Cu/c1-2-6-16-15(5-1)23-33-24(16)36-28-20-10-12-32-14-22(20)30(40-28)38-26-18-8-4-3-7-17(18)25(34-26)37-29-21-13-31-11-9-19(21)27(35-23)39-29;/h1-14H;/q-2;+2. The SMILES string of the molecule is [Cu+2].c1ccc2c3nc4nc(nc5[n-]c(nc6nc(nc([n-]3)c2c1)-c1ccncc1-6)c1ccccc51)-c1cnccc1-4. The van der Waals surface area contributed by atoms with Gasteiger partial charge >= 0.3 is 17.1 Å². The molecule has 7 heterocycles. The molecule has 5 aromatic heterocycles. The van der Waals surface area contributed by atoms with Crippen LogP contribution in [0.15, 0.2) is 85.5 Å². The number of hydrogen-bond acceptors (Lipinski definition) is 8. The van der Waals surface area contributed by atoms with E-state index < -0.39 is 0 Å². The molecule has 0 saturated carbocycles. The van der Waals surface area contributed by atoms with Gasteiger partial charge in [0.1, 0.15) is 0 Å². The van der Waals surface area contributed by atoms with Crippen LogP contribution in [0.4, 0.5) is 0 Å². The third-order valence-corrected chi connectivity index (χ3v) is 7.12. The fourth-order valence-electron chi connectivity index (χ4n) is 5.25. The minimum Gasteiger partial charge on any atom is -0.357 e. The molecule has 0 spiro atoms. The van der Waals surface area contributed by atoms with Crippen LogP contribution in [0.25, 0.3) is 89.7 Å². The van der Waals surface area contributed by atoms with Crippen LogP contribution in [-0.2, 0) is 17.1 Å². The second-order valence-corrected chi connectivity index (χ2v) is 9.42. The number of benzene rings is 2. The average molecular weight is 578 g/mol. The van der Waals surface area contributed by atoms with Gasteiger partial charge in [0, 0.05) is 69.6 Å². The Labute approximate surface area is 241 Å². The molecule has 0 saturated heterocycles. The molecule has 9 rings (SSSR count). The molecule has 2 aliphatic heterocycles. The van der Waals surface area contributed by atoms with Gasteiger partial charge in [-0.3, -0.25) is 9.97 Å². The zero-order valence-electron chi connectivity index (χ0n) is 20.9. The second-order valence-electron chi connectivity index (χ2n) is 9.42. The van der Waals surface area contributed by atoms with E-state index in [0.717, 1.165) is 43.8 Å². The third kappa shape index (κ3) is 3.50. The number of aromatic nitrogens is 10. The van der Waals surface area contributed by atoms with Crippen molar-refractivity contribution >= 4 is 44.1 Å². The van der Waals surface area contributed by atoms with Crippen LogP contribution < -0.4 is 9.97 Å². The minimum absolute atomic E-state index is 0. The number of hydrogen-bond donors (Lipinski definition) is 0. The number of pyridine rings is 2. The quantitative estimate of drug-likeness (QED) is 0.229. The van der Waals surface area contributed by atoms with Crippen molar-refractivity contribution in [2.75, 3.05) is 0 Å². The first-order chi connectivity index (χ1) is 19.8. The van der Waals surface area contributed by atoms with Crippen molar-refractivity contribution in [2.45, 2.75) is 0 Å². The Morgan fingerprint density at radius 1 is 0.390 bits per heavy atom. The molecule has 0 fully saturated rings. The molecule has 8 bridgehead atoms. The Bertz CT molecular complexity index is 2040. The summed E-state index contributed by atoms with van der Waals surface area (Å²) in [5.41, 5.74) is 5.25. The molecule has 0 atom stereocenters. The summed E-state index contributed by atoms with van der Waals surface area (Å²) in [4.78, 5) is 47.6. The van der Waals surface area contributed by atoms with E-state index in [1.54, 1.807) is 24.8 Å². The number of nitrogens with zero attached hydrogens (tertiary/aromatic N) is 10. The fraction of sp³-hybridized carbons (Fsp3) is 0. The van der Waals surface area contributed by atoms with Crippen molar-refractivity contribution in [3.05, 3.63) is 85.5 Å². The monoisotopic (exact) mass is 577 g/mol. The van der Waals surface area contributed by atoms with E-state index in [4.69, 9.17) is 39.9 Å². The van der Waals surface area contributed by atoms with Gasteiger partial charge in [-0.2, -0.15) is 0 Å². The first-order valence-electron chi connectivity index (χ1n) is 12.6. The summed E-state index contributed by atoms with van der Waals surface area (Å²) in [5.74, 6) is 1.97. The maximum absolute atomic E-state index is 4.91. The molecule has 7 aromatic rings. The molecule has 0 unspecified atom stereocenters. The van der Waals surface area contributed by atoms with Crippen LogP contribution in [0.5, 0.6) is 0 Å². The summed E-state index contributed by atoms with van der Waals surface area (Å²) in [6.07, 6.45) is 6.93. The zero-order chi connectivity index (χ0) is 26.2. The maximum Gasteiger partial charge on any atom is 2.00 e. The topological polar surface area (TPSA) is 131 Å². The Balaban J connectivity index is 0.00000256. The summed E-state index contributed by atoms with van der Waals surface area (Å²) in [5, 5.41) is 3.45. The number of rotatable bonds is 0. The largest absolute Gasteiger partial charge is 2.00 e. The summed E-state index contributed by atoms with van der Waals surface area (Å²) in [6.45, 7) is 0. The van der Waals surface area contributed by atoms with Gasteiger partial charge in [0.05, 0.1) is 23.3 Å². The van der Waals surface area contributed by atoms with Gasteiger partial charge in [-0.1, -0.05) is 48.5 Å². The van der Waals surface area contributed by atoms with Crippen molar-refractivity contribution in [1.82, 2.24) is 49.8 Å². The van der Waals surface area contributed by atoms with Crippen LogP contribution in [0.2, 0.25) is 0 Å². The predicted octanol–water partition coefficient (Wildman–Crippen LogP) is 4.91. The van der Waals surface area contributed by atoms with Crippen LogP contribution in [0.1, 0.15) is 0 Å². The molecule has 2 aliphatic rings. The van der Waals surface area contributed by atoms with Crippen molar-refractivity contribution in [3.8, 4) is 45.6 Å². The smallest absolute Gasteiger partial charge is 0.357 e. The summed E-state index contributed by atoms with van der Waals surface area (Å²) < 4.78 is 0. The Morgan fingerprint density at radius 2 is 0.732 bits per heavy atom. The predicted molar refractivity (Wildman–Crippen MR) is 150 cm³/mol. The summed E-state index contributed by atoms with van der Waals surface area (Å²) in [6, 6.07) is 19.5. The molecule has 0 aliphatic carbocycles. The van der Waals surface area contributed by atoms with E-state index in [0.29, 0.717) is 45.9 Å². The first kappa shape index (κ1) is 23.5. The van der Waals surface area contributed by atoms with Crippen LogP contribution in [0, 0.1) is 0 Å². The van der Waals surface area contributed by atoms with E-state index in [9.17, 15) is 0 Å². The van der Waals surface area contributed by atoms with Crippen molar-refractivity contribution < 1.29 is 17.1 Å². The molecule has 11 heteroatoms. The van der Waals surface area contributed by atoms with Gasteiger partial charge in [-0.05, 0) is 33.7 Å². The van der Waals surface area contributed by atoms with Gasteiger partial charge < -0.3 is 29.9 Å². The minimum atomic E-state index is 0. The van der Waals surface area contributed by atoms with E-state index in [1.165, 1.54) is 0 Å². The van der Waals surface area contributed by atoms with Gasteiger partial charge in [0.25, 0.3) is 0 Å². The van der Waals surface area contributed by atoms with Gasteiger partial charge in [0.2, 0.25) is 0 Å². The second kappa shape index (κ2) is 8.82. The molecular weight excluding hydrogens is 564 g/mol. The molecule has 0 N–H and O–H groups in total. The van der Waals surface area contributed by atoms with Crippen molar-refractivity contribution in [3.63, 3.8) is 0 Å². The molecule has 1 radical (unpaired) electrons. The maximum atomic E-state index is 4.91. The van der Waals surface area contributed by atoms with Crippen LogP contribution >= 0.6 is 0 Å². The molecule has 195 valence electrons. The molecule has 2 aromatic carbocycles. The Kier molecular flexibility index (Phi) is 5.05. The first-order valence-corrected chi connectivity index (χ1v) is 12.6. The Hall–Kier alpha value is -5.38.